The molecule has 0 spiro atoms. The minimum absolute atomic E-state index is 0. The molecule has 3 N–H and O–H groups in total. The Kier molecular flexibility index (Phi) is 43.3. The minimum atomic E-state index is -4.64. The van der Waals surface area contributed by atoms with E-state index in [1.165, 1.54) is 0 Å². The molecule has 0 bridgehead atoms. The first-order valence-electron chi connectivity index (χ1n) is 0.783. The summed E-state index contributed by atoms with van der Waals surface area (Å²) in [6, 6.07) is 0. The Balaban J connectivity index is -0.00000000800. The van der Waals surface area contributed by atoms with E-state index in [2.05, 4.69) is 0 Å². The van der Waals surface area contributed by atoms with Gasteiger partial charge in [0.25, 0.3) is 0 Å². The van der Waals surface area contributed by atoms with Gasteiger partial charge in [-0.1, -0.05) is 0 Å². The molecular formula is H4FeLiMnNiO4P. The van der Waals surface area contributed by atoms with Crippen LogP contribution in [0.15, 0.2) is 0 Å². The number of hydrogen-bond acceptors (Lipinski definition) is 1. The average molecular weight is 275 g/mol. The molecule has 1 radical (unpaired) electrons. The molecule has 9 heteroatoms. The molecular weight excluding hydrogens is 271 g/mol. The van der Waals surface area contributed by atoms with E-state index in [-0.39, 0.29) is 70.9 Å². The third kappa shape index (κ3) is 139. The molecule has 0 fully saturated rings. The third-order valence-corrected chi connectivity index (χ3v) is 0. The third-order valence-electron chi connectivity index (χ3n) is 0. The second-order valence-electron chi connectivity index (χ2n) is 0.513. The van der Waals surface area contributed by atoms with Crippen LogP contribution in [0.5, 0.6) is 0 Å². The van der Waals surface area contributed by atoms with Crippen LogP contribution in [-0.2, 0) is 55.2 Å². The standard InChI is InChI=1S/Fe.Li.Mn.Ni.H3O4P.H/c;;;;1-5(2,3)4;/h;;;;(H3,1,2,3,4);/q;+1;;;;-1. The van der Waals surface area contributed by atoms with Crippen molar-refractivity contribution in [2.45, 2.75) is 0 Å². The molecule has 0 aliphatic heterocycles. The fourth-order valence-corrected chi connectivity index (χ4v) is 0. The van der Waals surface area contributed by atoms with E-state index in [4.69, 9.17) is 19.2 Å². The minimum Gasteiger partial charge on any atom is -1.00 e. The van der Waals surface area contributed by atoms with Crippen LogP contribution in [0.25, 0.3) is 0 Å². The first kappa shape index (κ1) is 30.3. The Bertz CT molecular complexity index is 71.4. The maximum absolute atomic E-state index is 8.88. The van der Waals surface area contributed by atoms with Gasteiger partial charge in [-0.2, -0.15) is 0 Å². The van der Waals surface area contributed by atoms with Crippen LogP contribution in [0, 0.1) is 0 Å². The van der Waals surface area contributed by atoms with Crippen LogP contribution >= 0.6 is 7.82 Å². The molecule has 0 amide bonds. The molecule has 0 aromatic rings. The molecule has 0 heterocycles. The van der Waals surface area contributed by atoms with Crippen LogP contribution in [0.2, 0.25) is 0 Å². The van der Waals surface area contributed by atoms with Gasteiger partial charge in [-0.05, 0) is 0 Å². The summed E-state index contributed by atoms with van der Waals surface area (Å²) in [6.45, 7) is 0. The Morgan fingerprint density at radius 1 is 1.22 bits per heavy atom. The molecule has 0 aromatic heterocycles. The van der Waals surface area contributed by atoms with Gasteiger partial charge in [0.05, 0.1) is 0 Å². The van der Waals surface area contributed by atoms with Gasteiger partial charge in [0.15, 0.2) is 0 Å². The van der Waals surface area contributed by atoms with E-state index in [0.717, 1.165) is 0 Å². The molecule has 4 nitrogen and oxygen atoms in total. The fraction of sp³-hybridized carbons (Fsp3) is 0. The van der Waals surface area contributed by atoms with Crippen molar-refractivity contribution in [1.29, 1.82) is 0 Å². The molecule has 0 rings (SSSR count). The Morgan fingerprint density at radius 2 is 1.22 bits per heavy atom. The van der Waals surface area contributed by atoms with E-state index < -0.39 is 7.82 Å². The van der Waals surface area contributed by atoms with Gasteiger partial charge in [0.2, 0.25) is 0 Å². The van der Waals surface area contributed by atoms with E-state index >= 15 is 0 Å². The summed E-state index contributed by atoms with van der Waals surface area (Å²) in [5.74, 6) is 0. The second-order valence-corrected chi connectivity index (χ2v) is 1.54. The summed E-state index contributed by atoms with van der Waals surface area (Å²) in [5, 5.41) is 0. The molecule has 0 saturated carbocycles. The quantitative estimate of drug-likeness (QED) is 0.313. The predicted molar refractivity (Wildman–Crippen MR) is 15.4 cm³/mol. The van der Waals surface area contributed by atoms with Crippen LogP contribution in [0.1, 0.15) is 1.43 Å². The van der Waals surface area contributed by atoms with Crippen molar-refractivity contribution in [2.75, 3.05) is 0 Å². The van der Waals surface area contributed by atoms with Gasteiger partial charge in [-0.25, -0.2) is 4.57 Å². The normalized spacial score (nSPS) is 6.56. The van der Waals surface area contributed by atoms with Gasteiger partial charge in [-0.15, -0.1) is 0 Å². The Hall–Kier alpha value is 2.24. The van der Waals surface area contributed by atoms with E-state index in [0.29, 0.717) is 0 Å². The maximum Gasteiger partial charge on any atom is 1.00 e. The number of rotatable bonds is 0. The van der Waals surface area contributed by atoms with E-state index in [1.807, 2.05) is 0 Å². The summed E-state index contributed by atoms with van der Waals surface area (Å²) in [7, 11) is -4.64. The SMILES string of the molecule is O=P(O)(O)O.[Fe].[H-].[Li+].[Mn].[Ni]. The average Bonchev–Trinajstić information content (AvgIpc) is 0.722. The molecule has 0 unspecified atom stereocenters. The number of phosphoric acid groups is 1. The summed E-state index contributed by atoms with van der Waals surface area (Å²) < 4.78 is 8.88. The monoisotopic (exact) mass is 275 g/mol. The topological polar surface area (TPSA) is 77.8 Å². The van der Waals surface area contributed by atoms with Crippen LogP contribution < -0.4 is 18.9 Å². The van der Waals surface area contributed by atoms with Crippen LogP contribution in [0.4, 0.5) is 0 Å². The second kappa shape index (κ2) is 12.9. The van der Waals surface area contributed by atoms with Crippen molar-refractivity contribution in [1.82, 2.24) is 0 Å². The number of hydrogen-bond donors (Lipinski definition) is 3. The fourth-order valence-electron chi connectivity index (χ4n) is 0. The van der Waals surface area contributed by atoms with Crippen molar-refractivity contribution in [3.05, 3.63) is 0 Å². The van der Waals surface area contributed by atoms with E-state index in [9.17, 15) is 0 Å². The molecule has 0 aromatic carbocycles. The van der Waals surface area contributed by atoms with Crippen molar-refractivity contribution in [3.63, 3.8) is 0 Å². The molecule has 0 aliphatic rings. The van der Waals surface area contributed by atoms with Gasteiger partial charge >= 0.3 is 26.7 Å². The molecule has 0 atom stereocenters. The molecule has 9 heavy (non-hydrogen) atoms. The predicted octanol–water partition coefficient (Wildman–Crippen LogP) is -3.82. The van der Waals surface area contributed by atoms with Crippen molar-refractivity contribution >= 4 is 7.82 Å². The van der Waals surface area contributed by atoms with Gasteiger partial charge < -0.3 is 16.1 Å². The zero-order valence-electron chi connectivity index (χ0n) is 5.24. The van der Waals surface area contributed by atoms with Crippen molar-refractivity contribution in [3.8, 4) is 0 Å². The molecule has 0 saturated heterocycles. The summed E-state index contributed by atoms with van der Waals surface area (Å²) in [5.41, 5.74) is 0. The molecule has 59 valence electrons. The van der Waals surface area contributed by atoms with Gasteiger partial charge in [-0.3, -0.25) is 0 Å². The zero-order valence-corrected chi connectivity index (χ0v) is 8.41. The maximum atomic E-state index is 8.88. The zero-order chi connectivity index (χ0) is 4.50. The molecule has 0 aliphatic carbocycles. The van der Waals surface area contributed by atoms with Crippen molar-refractivity contribution in [2.24, 2.45) is 0 Å². The largest absolute Gasteiger partial charge is 1.00 e. The Labute approximate surface area is 97.3 Å². The Morgan fingerprint density at radius 3 is 1.22 bits per heavy atom. The van der Waals surface area contributed by atoms with Crippen LogP contribution in [-0.4, -0.2) is 14.7 Å². The summed E-state index contributed by atoms with van der Waals surface area (Å²) >= 11 is 0. The smallest absolute Gasteiger partial charge is 1.00 e. The van der Waals surface area contributed by atoms with Crippen molar-refractivity contribution < 1.29 is 90.2 Å². The van der Waals surface area contributed by atoms with Gasteiger partial charge in [0.1, 0.15) is 0 Å². The van der Waals surface area contributed by atoms with Gasteiger partial charge in [0, 0.05) is 50.6 Å². The summed E-state index contributed by atoms with van der Waals surface area (Å²) in [6.07, 6.45) is 0. The van der Waals surface area contributed by atoms with E-state index in [1.54, 1.807) is 0 Å². The first-order chi connectivity index (χ1) is 2.00. The van der Waals surface area contributed by atoms with Crippen LogP contribution in [0.3, 0.4) is 0 Å². The first-order valence-corrected chi connectivity index (χ1v) is 2.35. The summed E-state index contributed by atoms with van der Waals surface area (Å²) in [4.78, 5) is 21.6.